The third kappa shape index (κ3) is 4.91. The first-order valence-corrected chi connectivity index (χ1v) is 12.9. The van der Waals surface area contributed by atoms with E-state index in [1.165, 1.54) is 36.5 Å². The number of nitrogens with zero attached hydrogens (tertiary/aromatic N) is 2. The average Bonchev–Trinajstić information content (AvgIpc) is 3.00. The van der Waals surface area contributed by atoms with Gasteiger partial charge in [0.05, 0.1) is 31.3 Å². The number of methoxy groups -OCH3 is 2. The van der Waals surface area contributed by atoms with E-state index in [1.807, 2.05) is 0 Å². The number of hydrogen-bond donors (Lipinski definition) is 1. The summed E-state index contributed by atoms with van der Waals surface area (Å²) in [4.78, 5) is 46.5. The van der Waals surface area contributed by atoms with Gasteiger partial charge in [0, 0.05) is 35.3 Å². The average molecular weight is 578 g/mol. The zero-order valence-corrected chi connectivity index (χ0v) is 22.6. The van der Waals surface area contributed by atoms with Crippen molar-refractivity contribution in [2.75, 3.05) is 19.1 Å². The molecule has 0 bridgehead atoms. The summed E-state index contributed by atoms with van der Waals surface area (Å²) in [7, 11) is 2.34. The predicted octanol–water partition coefficient (Wildman–Crippen LogP) is 4.85. The second-order valence-electron chi connectivity index (χ2n) is 9.84. The van der Waals surface area contributed by atoms with Crippen LogP contribution in [-0.4, -0.2) is 36.9 Å². The highest BCUT2D eigenvalue weighted by Gasteiger charge is 2.51. The molecule has 3 aromatic rings. The first kappa shape index (κ1) is 28.6. The molecule has 5 rings (SSSR count). The van der Waals surface area contributed by atoms with E-state index in [1.54, 1.807) is 42.5 Å². The maximum absolute atomic E-state index is 14.5. The van der Waals surface area contributed by atoms with Crippen LogP contribution < -0.4 is 10.6 Å². The Labute approximate surface area is 239 Å². The topological polar surface area (TPSA) is 112 Å². The molecule has 0 unspecified atom stereocenters. The Morgan fingerprint density at radius 1 is 0.952 bits per heavy atom. The molecule has 3 atom stereocenters. The summed E-state index contributed by atoms with van der Waals surface area (Å²) in [5, 5.41) is 0. The highest BCUT2D eigenvalue weighted by atomic mass is 19.4. The van der Waals surface area contributed by atoms with Crippen LogP contribution in [-0.2, 0) is 30.0 Å². The molecule has 1 aliphatic carbocycles. The molecule has 11 heteroatoms. The first-order chi connectivity index (χ1) is 20.1. The molecule has 216 valence electrons. The maximum Gasteiger partial charge on any atom is 0.416 e. The lowest BCUT2D eigenvalue weighted by molar-refractivity contribution is -0.150. The summed E-state index contributed by atoms with van der Waals surface area (Å²) in [5.41, 5.74) is 7.41. The number of nitrogens with two attached hydrogens (primary N) is 1. The largest absolute Gasteiger partial charge is 0.468 e. The second kappa shape index (κ2) is 11.2. The quantitative estimate of drug-likeness (QED) is 0.339. The minimum atomic E-state index is -4.58. The number of Topliss-reactive ketones (excluding diaryl/α,β-unsaturated/α-hetero) is 1. The van der Waals surface area contributed by atoms with Crippen LogP contribution in [0.5, 0.6) is 0 Å². The van der Waals surface area contributed by atoms with E-state index in [0.29, 0.717) is 16.8 Å². The van der Waals surface area contributed by atoms with Crippen LogP contribution in [0.2, 0.25) is 0 Å². The Morgan fingerprint density at radius 2 is 1.62 bits per heavy atom. The highest BCUT2D eigenvalue weighted by molar-refractivity contribution is 6.14. The Kier molecular flexibility index (Phi) is 7.59. The van der Waals surface area contributed by atoms with Crippen molar-refractivity contribution < 1.29 is 37.0 Å². The van der Waals surface area contributed by atoms with Crippen molar-refractivity contribution in [1.29, 1.82) is 0 Å². The number of carbonyl (C=O) groups is 3. The number of anilines is 1. The molecular weight excluding hydrogens is 551 g/mol. The van der Waals surface area contributed by atoms with Gasteiger partial charge in [-0.3, -0.25) is 19.5 Å². The molecule has 8 nitrogen and oxygen atoms in total. The fourth-order valence-corrected chi connectivity index (χ4v) is 5.72. The molecule has 1 aliphatic heterocycles. The van der Waals surface area contributed by atoms with Gasteiger partial charge in [-0.2, -0.15) is 13.2 Å². The van der Waals surface area contributed by atoms with Crippen molar-refractivity contribution in [2.24, 2.45) is 11.7 Å². The monoisotopic (exact) mass is 577 g/mol. The van der Waals surface area contributed by atoms with Gasteiger partial charge in [0.15, 0.2) is 5.78 Å². The summed E-state index contributed by atoms with van der Waals surface area (Å²) < 4.78 is 50.3. The Hall–Kier alpha value is -4.93. The van der Waals surface area contributed by atoms with Crippen LogP contribution in [0.4, 0.5) is 18.9 Å². The van der Waals surface area contributed by atoms with Crippen LogP contribution in [0.1, 0.15) is 34.9 Å². The zero-order valence-electron chi connectivity index (χ0n) is 22.6. The van der Waals surface area contributed by atoms with E-state index < -0.39 is 47.2 Å². The molecular formula is C31H26F3N3O5. The van der Waals surface area contributed by atoms with Crippen LogP contribution in [0.3, 0.4) is 0 Å². The van der Waals surface area contributed by atoms with Crippen molar-refractivity contribution in [3.05, 3.63) is 118 Å². The number of ether oxygens (including phenoxy) is 2. The van der Waals surface area contributed by atoms with Crippen LogP contribution in [0.25, 0.3) is 0 Å². The number of rotatable bonds is 5. The second-order valence-corrected chi connectivity index (χ2v) is 9.84. The molecule has 0 amide bonds. The molecule has 2 N–H and O–H groups in total. The van der Waals surface area contributed by atoms with Crippen molar-refractivity contribution in [3.63, 3.8) is 0 Å². The molecule has 0 saturated carbocycles. The van der Waals surface area contributed by atoms with Gasteiger partial charge in [-0.25, -0.2) is 4.79 Å². The fraction of sp³-hybridized carbons (Fsp3) is 0.226. The van der Waals surface area contributed by atoms with Crippen LogP contribution >= 0.6 is 0 Å². The molecule has 42 heavy (non-hydrogen) atoms. The van der Waals surface area contributed by atoms with E-state index in [9.17, 15) is 27.6 Å². The number of allylic oxidation sites excluding steroid dienone is 2. The molecule has 0 saturated heterocycles. The molecule has 1 aromatic heterocycles. The third-order valence-electron chi connectivity index (χ3n) is 7.60. The van der Waals surface area contributed by atoms with E-state index >= 15 is 0 Å². The number of carbonyl (C=O) groups excluding carboxylic acids is 3. The Morgan fingerprint density at radius 3 is 2.19 bits per heavy atom. The predicted molar refractivity (Wildman–Crippen MR) is 145 cm³/mol. The van der Waals surface area contributed by atoms with Gasteiger partial charge in [0.1, 0.15) is 11.7 Å². The van der Waals surface area contributed by atoms with Gasteiger partial charge in [0.2, 0.25) is 0 Å². The van der Waals surface area contributed by atoms with Gasteiger partial charge in [-0.1, -0.05) is 36.4 Å². The summed E-state index contributed by atoms with van der Waals surface area (Å²) in [5.74, 6) is -5.34. The fourth-order valence-electron chi connectivity index (χ4n) is 5.72. The molecule has 0 spiro atoms. The molecule has 2 heterocycles. The molecule has 0 radical (unpaired) electrons. The Bertz CT molecular complexity index is 1590. The lowest BCUT2D eigenvalue weighted by Gasteiger charge is -2.44. The van der Waals surface area contributed by atoms with Crippen molar-refractivity contribution >= 4 is 23.4 Å². The van der Waals surface area contributed by atoms with E-state index in [2.05, 4.69) is 4.98 Å². The van der Waals surface area contributed by atoms with Gasteiger partial charge in [0.25, 0.3) is 0 Å². The van der Waals surface area contributed by atoms with Crippen molar-refractivity contribution in [1.82, 2.24) is 4.98 Å². The molecule has 0 fully saturated rings. The van der Waals surface area contributed by atoms with E-state index in [0.717, 1.165) is 19.2 Å². The van der Waals surface area contributed by atoms with E-state index in [4.69, 9.17) is 15.2 Å². The summed E-state index contributed by atoms with van der Waals surface area (Å²) in [6.07, 6.45) is -1.51. The SMILES string of the molecule is COC(=O)C1=C(N)N(c2ccc(C(F)(F)F)cc2)C2=C(C(=O)[C@H](C(=O)OC)[C@@H](c3ccccc3)C2)[C@H]1c1cccnc1. The normalized spacial score (nSPS) is 20.7. The number of pyridine rings is 1. The van der Waals surface area contributed by atoms with Crippen molar-refractivity contribution in [2.45, 2.75) is 24.4 Å². The van der Waals surface area contributed by atoms with Gasteiger partial charge < -0.3 is 15.2 Å². The number of alkyl halides is 3. The standard InChI is InChI=1S/C31H26F3N3O5/c1-41-29(39)24-21(17-7-4-3-5-8-17)15-22-25(27(24)38)23(18-9-6-14-36-16-18)26(30(40)42-2)28(35)37(22)20-12-10-19(11-13-20)31(32,33)34/h3-14,16,21,23-24H,15,35H2,1-2H3/t21-,23-,24-/m1/s1. The number of aromatic nitrogens is 1. The van der Waals surface area contributed by atoms with Gasteiger partial charge >= 0.3 is 18.1 Å². The number of halogens is 3. The number of ketones is 1. The summed E-state index contributed by atoms with van der Waals surface area (Å²) in [6, 6.07) is 16.4. The lowest BCUT2D eigenvalue weighted by atomic mass is 9.67. The van der Waals surface area contributed by atoms with Crippen LogP contribution in [0.15, 0.2) is 102 Å². The Balaban J connectivity index is 1.80. The third-order valence-corrected chi connectivity index (χ3v) is 7.60. The number of benzene rings is 2. The lowest BCUT2D eigenvalue weighted by Crippen LogP contribution is -2.46. The minimum Gasteiger partial charge on any atom is -0.468 e. The van der Waals surface area contributed by atoms with Crippen molar-refractivity contribution in [3.8, 4) is 0 Å². The van der Waals surface area contributed by atoms with Gasteiger partial charge in [-0.05, 0) is 47.9 Å². The first-order valence-electron chi connectivity index (χ1n) is 12.9. The van der Waals surface area contributed by atoms with Gasteiger partial charge in [-0.15, -0.1) is 0 Å². The molecule has 2 aliphatic rings. The van der Waals surface area contributed by atoms with E-state index in [-0.39, 0.29) is 29.1 Å². The zero-order chi connectivity index (χ0) is 30.2. The summed E-state index contributed by atoms with van der Waals surface area (Å²) in [6.45, 7) is 0. The van der Waals surface area contributed by atoms with Crippen LogP contribution in [0, 0.1) is 5.92 Å². The number of hydrogen-bond acceptors (Lipinski definition) is 8. The smallest absolute Gasteiger partial charge is 0.416 e. The minimum absolute atomic E-state index is 0.0811. The number of esters is 2. The summed E-state index contributed by atoms with van der Waals surface area (Å²) >= 11 is 0. The molecule has 2 aromatic carbocycles. The maximum atomic E-state index is 14.5. The highest BCUT2D eigenvalue weighted by Crippen LogP contribution is 2.51.